The van der Waals surface area contributed by atoms with E-state index >= 15 is 0 Å². The van der Waals surface area contributed by atoms with Crippen molar-refractivity contribution in [2.24, 2.45) is 5.92 Å². The monoisotopic (exact) mass is 373 g/mol. The molecule has 3 amide bonds. The lowest BCUT2D eigenvalue weighted by molar-refractivity contribution is -0.126. The highest BCUT2D eigenvalue weighted by Gasteiger charge is 2.36. The number of aryl methyl sites for hydroxylation is 2. The quantitative estimate of drug-likeness (QED) is 0.826. The SMILES string of the molecule is CCc1cccc(C)c1N1C[C@@H](C(=O)NCCN2CCCOC2=O)CC1=O. The Labute approximate surface area is 159 Å². The molecule has 0 bridgehead atoms. The molecule has 2 fully saturated rings. The number of benzene rings is 1. The molecule has 146 valence electrons. The largest absolute Gasteiger partial charge is 0.449 e. The molecule has 2 heterocycles. The van der Waals surface area contributed by atoms with E-state index in [1.54, 1.807) is 9.80 Å². The van der Waals surface area contributed by atoms with Crippen molar-refractivity contribution in [2.45, 2.75) is 33.1 Å². The maximum Gasteiger partial charge on any atom is 0.409 e. The van der Waals surface area contributed by atoms with Crippen LogP contribution in [0.2, 0.25) is 0 Å². The smallest absolute Gasteiger partial charge is 0.409 e. The van der Waals surface area contributed by atoms with Gasteiger partial charge in [-0.25, -0.2) is 4.79 Å². The molecule has 2 aliphatic heterocycles. The normalized spacial score (nSPS) is 20.0. The number of hydrogen-bond acceptors (Lipinski definition) is 4. The molecule has 7 nitrogen and oxygen atoms in total. The zero-order chi connectivity index (χ0) is 19.4. The zero-order valence-electron chi connectivity index (χ0n) is 16.0. The Morgan fingerprint density at radius 3 is 2.89 bits per heavy atom. The molecule has 1 aromatic rings. The van der Waals surface area contributed by atoms with Crippen molar-refractivity contribution in [3.05, 3.63) is 29.3 Å². The number of rotatable bonds is 6. The van der Waals surface area contributed by atoms with Crippen molar-refractivity contribution in [1.29, 1.82) is 0 Å². The number of carbonyl (C=O) groups excluding carboxylic acids is 3. The van der Waals surface area contributed by atoms with Gasteiger partial charge in [0.15, 0.2) is 0 Å². The average Bonchev–Trinajstić information content (AvgIpc) is 3.04. The van der Waals surface area contributed by atoms with Crippen LogP contribution in [0.25, 0.3) is 0 Å². The van der Waals surface area contributed by atoms with Gasteiger partial charge in [-0.1, -0.05) is 25.1 Å². The van der Waals surface area contributed by atoms with Crippen LogP contribution in [0.1, 0.15) is 30.9 Å². The summed E-state index contributed by atoms with van der Waals surface area (Å²) in [5.41, 5.74) is 3.11. The van der Waals surface area contributed by atoms with Gasteiger partial charge in [-0.15, -0.1) is 0 Å². The first-order chi connectivity index (χ1) is 13.0. The fourth-order valence-corrected chi connectivity index (χ4v) is 3.75. The van der Waals surface area contributed by atoms with Crippen molar-refractivity contribution in [3.8, 4) is 0 Å². The molecule has 27 heavy (non-hydrogen) atoms. The third kappa shape index (κ3) is 4.23. The van der Waals surface area contributed by atoms with E-state index in [-0.39, 0.29) is 30.2 Å². The third-order valence-electron chi connectivity index (χ3n) is 5.21. The van der Waals surface area contributed by atoms with E-state index in [1.165, 1.54) is 0 Å². The van der Waals surface area contributed by atoms with Crippen LogP contribution in [0.15, 0.2) is 18.2 Å². The zero-order valence-corrected chi connectivity index (χ0v) is 16.0. The van der Waals surface area contributed by atoms with E-state index < -0.39 is 0 Å². The van der Waals surface area contributed by atoms with Crippen LogP contribution < -0.4 is 10.2 Å². The van der Waals surface area contributed by atoms with Crippen molar-refractivity contribution in [2.75, 3.05) is 37.7 Å². The van der Waals surface area contributed by atoms with Gasteiger partial charge in [-0.05, 0) is 30.9 Å². The second-order valence-corrected chi connectivity index (χ2v) is 7.09. The minimum Gasteiger partial charge on any atom is -0.449 e. The number of ether oxygens (including phenoxy) is 1. The summed E-state index contributed by atoms with van der Waals surface area (Å²) in [6.07, 6.45) is 1.53. The fraction of sp³-hybridized carbons (Fsp3) is 0.550. The van der Waals surface area contributed by atoms with E-state index in [0.29, 0.717) is 32.8 Å². The number of hydrogen-bond donors (Lipinski definition) is 1. The van der Waals surface area contributed by atoms with Crippen LogP contribution in [-0.2, 0) is 20.7 Å². The van der Waals surface area contributed by atoms with Crippen LogP contribution in [-0.4, -0.2) is 55.6 Å². The predicted molar refractivity (Wildman–Crippen MR) is 102 cm³/mol. The lowest BCUT2D eigenvalue weighted by atomic mass is 10.0. The molecule has 0 radical (unpaired) electrons. The first kappa shape index (κ1) is 19.2. The summed E-state index contributed by atoms with van der Waals surface area (Å²) in [7, 11) is 0. The highest BCUT2D eigenvalue weighted by atomic mass is 16.6. The molecular weight excluding hydrogens is 346 g/mol. The molecule has 1 aromatic carbocycles. The fourth-order valence-electron chi connectivity index (χ4n) is 3.75. The standard InChI is InChI=1S/C20H27N3O4/c1-3-15-7-4-6-14(2)18(15)23-13-16(12-17(23)24)19(25)21-8-10-22-9-5-11-27-20(22)26/h4,6-7,16H,3,5,8-13H2,1-2H3,(H,21,25)/t16-/m0/s1. The summed E-state index contributed by atoms with van der Waals surface area (Å²) in [4.78, 5) is 40.0. The molecule has 7 heteroatoms. The Hall–Kier alpha value is -2.57. The van der Waals surface area contributed by atoms with E-state index in [2.05, 4.69) is 12.2 Å². The molecule has 1 atom stereocenters. The van der Waals surface area contributed by atoms with Gasteiger partial charge in [-0.2, -0.15) is 0 Å². The van der Waals surface area contributed by atoms with Gasteiger partial charge in [0.05, 0.1) is 12.5 Å². The minimum atomic E-state index is -0.366. The number of nitrogens with one attached hydrogen (secondary N) is 1. The van der Waals surface area contributed by atoms with E-state index in [9.17, 15) is 14.4 Å². The molecule has 0 spiro atoms. The maximum atomic E-state index is 12.6. The van der Waals surface area contributed by atoms with Crippen molar-refractivity contribution >= 4 is 23.6 Å². The van der Waals surface area contributed by atoms with Crippen LogP contribution in [0.4, 0.5) is 10.5 Å². The van der Waals surface area contributed by atoms with Crippen LogP contribution >= 0.6 is 0 Å². The molecule has 2 aliphatic rings. The average molecular weight is 373 g/mol. The summed E-state index contributed by atoms with van der Waals surface area (Å²) in [5.74, 6) is -0.517. The van der Waals surface area contributed by atoms with Gasteiger partial charge in [0, 0.05) is 38.3 Å². The lowest BCUT2D eigenvalue weighted by Gasteiger charge is -2.26. The summed E-state index contributed by atoms with van der Waals surface area (Å²) < 4.78 is 4.98. The second kappa shape index (κ2) is 8.41. The molecule has 1 N–H and O–H groups in total. The number of anilines is 1. The van der Waals surface area contributed by atoms with Gasteiger partial charge < -0.3 is 19.9 Å². The molecule has 0 saturated carbocycles. The number of para-hydroxylation sites is 1. The van der Waals surface area contributed by atoms with Gasteiger partial charge in [0.25, 0.3) is 0 Å². The Kier molecular flexibility index (Phi) is 5.98. The van der Waals surface area contributed by atoms with Gasteiger partial charge in [-0.3, -0.25) is 9.59 Å². The molecule has 2 saturated heterocycles. The highest BCUT2D eigenvalue weighted by molar-refractivity contribution is 6.01. The minimum absolute atomic E-state index is 0.0150. The lowest BCUT2D eigenvalue weighted by Crippen LogP contribution is -2.43. The first-order valence-corrected chi connectivity index (χ1v) is 9.59. The number of nitrogens with zero attached hydrogens (tertiary/aromatic N) is 2. The summed E-state index contributed by atoms with van der Waals surface area (Å²) in [6.45, 7) is 6.35. The number of cyclic esters (lactones) is 1. The molecular formula is C20H27N3O4. The van der Waals surface area contributed by atoms with Gasteiger partial charge >= 0.3 is 6.09 Å². The maximum absolute atomic E-state index is 12.6. The first-order valence-electron chi connectivity index (χ1n) is 9.59. The van der Waals surface area contributed by atoms with Crippen LogP contribution in [0.5, 0.6) is 0 Å². The Balaban J connectivity index is 1.57. The highest BCUT2D eigenvalue weighted by Crippen LogP contribution is 2.31. The van der Waals surface area contributed by atoms with E-state index in [4.69, 9.17) is 4.74 Å². The predicted octanol–water partition coefficient (Wildman–Crippen LogP) is 1.87. The van der Waals surface area contributed by atoms with Crippen LogP contribution in [0.3, 0.4) is 0 Å². The van der Waals surface area contributed by atoms with E-state index in [0.717, 1.165) is 29.7 Å². The van der Waals surface area contributed by atoms with Crippen molar-refractivity contribution < 1.29 is 19.1 Å². The Morgan fingerprint density at radius 1 is 1.33 bits per heavy atom. The van der Waals surface area contributed by atoms with Gasteiger partial charge in [0.2, 0.25) is 11.8 Å². The summed E-state index contributed by atoms with van der Waals surface area (Å²) >= 11 is 0. The van der Waals surface area contributed by atoms with Gasteiger partial charge in [0.1, 0.15) is 0 Å². The third-order valence-corrected chi connectivity index (χ3v) is 5.21. The van der Waals surface area contributed by atoms with Crippen LogP contribution in [0, 0.1) is 12.8 Å². The Bertz CT molecular complexity index is 734. The molecule has 0 aromatic heterocycles. The molecule has 0 aliphatic carbocycles. The second-order valence-electron chi connectivity index (χ2n) is 7.09. The summed E-state index contributed by atoms with van der Waals surface area (Å²) in [5, 5.41) is 2.86. The van der Waals surface area contributed by atoms with Crippen molar-refractivity contribution in [3.63, 3.8) is 0 Å². The van der Waals surface area contributed by atoms with Crippen molar-refractivity contribution in [1.82, 2.24) is 10.2 Å². The Morgan fingerprint density at radius 2 is 2.15 bits per heavy atom. The molecule has 0 unspecified atom stereocenters. The van der Waals surface area contributed by atoms with E-state index in [1.807, 2.05) is 25.1 Å². The number of amides is 3. The number of carbonyl (C=O) groups is 3. The topological polar surface area (TPSA) is 79.0 Å². The molecule has 3 rings (SSSR count). The summed E-state index contributed by atoms with van der Waals surface area (Å²) in [6, 6.07) is 6.02.